The molecule has 1 saturated heterocycles. The van der Waals surface area contributed by atoms with Gasteiger partial charge in [0.15, 0.2) is 6.10 Å². The fraction of sp³-hybridized carbons (Fsp3) is 0.412. The standard InChI is InChI=1S/C17H19BrN2O5/c1-10(14(22)11-4-6-12(18)7-5-11)25-13(21)8-9-20-15(23)17(2,3)19-16(20)24/h4-7,10H,8-9H2,1-3H3,(H,19,24)/t10-/m0/s1. The predicted octanol–water partition coefficient (Wildman–Crippen LogP) is 2.28. The first-order valence-electron chi connectivity index (χ1n) is 7.75. The molecule has 7 nitrogen and oxygen atoms in total. The average Bonchev–Trinajstić information content (AvgIpc) is 2.73. The molecule has 1 aromatic rings. The van der Waals surface area contributed by atoms with Gasteiger partial charge >= 0.3 is 12.0 Å². The minimum absolute atomic E-state index is 0.0911. The van der Waals surface area contributed by atoms with E-state index in [1.165, 1.54) is 6.92 Å². The molecule has 1 N–H and O–H groups in total. The fourth-order valence-corrected chi connectivity index (χ4v) is 2.65. The lowest BCUT2D eigenvalue weighted by molar-refractivity contribution is -0.146. The Bertz CT molecular complexity index is 714. The summed E-state index contributed by atoms with van der Waals surface area (Å²) in [5, 5.41) is 2.53. The first-order valence-corrected chi connectivity index (χ1v) is 8.54. The molecule has 0 aromatic heterocycles. The molecule has 1 aliphatic heterocycles. The zero-order valence-electron chi connectivity index (χ0n) is 14.2. The van der Waals surface area contributed by atoms with Crippen molar-refractivity contribution in [2.75, 3.05) is 6.54 Å². The molecule has 1 fully saturated rings. The molecule has 8 heteroatoms. The van der Waals surface area contributed by atoms with Crippen molar-refractivity contribution in [3.8, 4) is 0 Å². The Morgan fingerprint density at radius 2 is 1.84 bits per heavy atom. The van der Waals surface area contributed by atoms with Gasteiger partial charge in [0.1, 0.15) is 5.54 Å². The van der Waals surface area contributed by atoms with Crippen LogP contribution in [0.25, 0.3) is 0 Å². The number of esters is 1. The van der Waals surface area contributed by atoms with Gasteiger partial charge in [0, 0.05) is 16.6 Å². The summed E-state index contributed by atoms with van der Waals surface area (Å²) in [6.07, 6.45) is -1.12. The van der Waals surface area contributed by atoms with Gasteiger partial charge in [-0.15, -0.1) is 0 Å². The van der Waals surface area contributed by atoms with E-state index in [9.17, 15) is 19.2 Å². The van der Waals surface area contributed by atoms with E-state index in [1.807, 2.05) is 0 Å². The van der Waals surface area contributed by atoms with E-state index < -0.39 is 29.6 Å². The highest BCUT2D eigenvalue weighted by Gasteiger charge is 2.44. The van der Waals surface area contributed by atoms with Crippen LogP contribution in [0.3, 0.4) is 0 Å². The summed E-state index contributed by atoms with van der Waals surface area (Å²) < 4.78 is 5.95. The Kier molecular flexibility index (Phi) is 5.62. The van der Waals surface area contributed by atoms with E-state index in [-0.39, 0.29) is 18.7 Å². The second-order valence-electron chi connectivity index (χ2n) is 6.27. The fourth-order valence-electron chi connectivity index (χ4n) is 2.38. The van der Waals surface area contributed by atoms with Gasteiger partial charge in [-0.3, -0.25) is 19.3 Å². The van der Waals surface area contributed by atoms with Crippen LogP contribution >= 0.6 is 15.9 Å². The average molecular weight is 411 g/mol. The number of ether oxygens (including phenoxy) is 1. The molecule has 0 spiro atoms. The maximum atomic E-state index is 12.2. The topological polar surface area (TPSA) is 92.8 Å². The zero-order chi connectivity index (χ0) is 18.8. The molecule has 0 radical (unpaired) electrons. The van der Waals surface area contributed by atoms with Crippen LogP contribution in [0.15, 0.2) is 28.7 Å². The van der Waals surface area contributed by atoms with Crippen LogP contribution in [0.1, 0.15) is 37.6 Å². The zero-order valence-corrected chi connectivity index (χ0v) is 15.8. The molecule has 134 valence electrons. The van der Waals surface area contributed by atoms with Crippen molar-refractivity contribution in [2.45, 2.75) is 38.8 Å². The van der Waals surface area contributed by atoms with Gasteiger partial charge in [0.05, 0.1) is 6.42 Å². The number of nitrogens with zero attached hydrogens (tertiary/aromatic N) is 1. The van der Waals surface area contributed by atoms with Crippen LogP contribution in [0.4, 0.5) is 4.79 Å². The van der Waals surface area contributed by atoms with Crippen molar-refractivity contribution in [2.24, 2.45) is 0 Å². The van der Waals surface area contributed by atoms with Crippen LogP contribution in [0.2, 0.25) is 0 Å². The lowest BCUT2D eigenvalue weighted by Crippen LogP contribution is -2.40. The highest BCUT2D eigenvalue weighted by Crippen LogP contribution is 2.17. The number of hydrogen-bond acceptors (Lipinski definition) is 5. The number of amides is 3. The van der Waals surface area contributed by atoms with Crippen molar-refractivity contribution in [1.82, 2.24) is 10.2 Å². The lowest BCUT2D eigenvalue weighted by Gasteiger charge is -2.16. The Labute approximate surface area is 153 Å². The van der Waals surface area contributed by atoms with E-state index in [0.29, 0.717) is 5.56 Å². The number of carbonyl (C=O) groups is 4. The van der Waals surface area contributed by atoms with E-state index in [2.05, 4.69) is 21.2 Å². The molecule has 2 rings (SSSR count). The number of rotatable bonds is 6. The van der Waals surface area contributed by atoms with Gasteiger partial charge in [-0.25, -0.2) is 4.79 Å². The smallest absolute Gasteiger partial charge is 0.325 e. The SMILES string of the molecule is C[C@H](OC(=O)CCN1C(=O)NC(C)(C)C1=O)C(=O)c1ccc(Br)cc1. The first kappa shape index (κ1) is 19.1. The summed E-state index contributed by atoms with van der Waals surface area (Å²) in [6, 6.07) is 6.17. The molecule has 0 saturated carbocycles. The van der Waals surface area contributed by atoms with Crippen LogP contribution in [-0.4, -0.2) is 46.8 Å². The Morgan fingerprint density at radius 1 is 1.24 bits per heavy atom. The quantitative estimate of drug-likeness (QED) is 0.441. The Balaban J connectivity index is 1.87. The van der Waals surface area contributed by atoms with Gasteiger partial charge in [0.25, 0.3) is 5.91 Å². The van der Waals surface area contributed by atoms with Gasteiger partial charge in [-0.1, -0.05) is 28.1 Å². The Morgan fingerprint density at radius 3 is 2.36 bits per heavy atom. The molecule has 1 heterocycles. The number of halogens is 1. The van der Waals surface area contributed by atoms with Crippen molar-refractivity contribution >= 4 is 39.6 Å². The summed E-state index contributed by atoms with van der Waals surface area (Å²) in [7, 11) is 0. The number of benzene rings is 1. The molecule has 1 aliphatic rings. The highest BCUT2D eigenvalue weighted by molar-refractivity contribution is 9.10. The Hall–Kier alpha value is -2.22. The number of urea groups is 1. The molecular weight excluding hydrogens is 392 g/mol. The van der Waals surface area contributed by atoms with Crippen LogP contribution in [0.5, 0.6) is 0 Å². The molecular formula is C17H19BrN2O5. The van der Waals surface area contributed by atoms with Gasteiger partial charge in [0.2, 0.25) is 5.78 Å². The second kappa shape index (κ2) is 7.35. The highest BCUT2D eigenvalue weighted by atomic mass is 79.9. The summed E-state index contributed by atoms with van der Waals surface area (Å²) in [5.74, 6) is -1.37. The van der Waals surface area contributed by atoms with E-state index >= 15 is 0 Å². The number of imide groups is 1. The maximum Gasteiger partial charge on any atom is 0.325 e. The van der Waals surface area contributed by atoms with E-state index in [1.54, 1.807) is 38.1 Å². The van der Waals surface area contributed by atoms with Crippen molar-refractivity contribution in [3.63, 3.8) is 0 Å². The molecule has 3 amide bonds. The van der Waals surface area contributed by atoms with Crippen LogP contribution in [-0.2, 0) is 14.3 Å². The first-order chi connectivity index (χ1) is 11.6. The third kappa shape index (κ3) is 4.45. The molecule has 0 unspecified atom stereocenters. The van der Waals surface area contributed by atoms with E-state index in [4.69, 9.17) is 4.74 Å². The number of hydrogen-bond donors (Lipinski definition) is 1. The molecule has 0 aliphatic carbocycles. The van der Waals surface area contributed by atoms with Gasteiger partial charge in [-0.2, -0.15) is 0 Å². The summed E-state index contributed by atoms with van der Waals surface area (Å²) >= 11 is 3.28. The van der Waals surface area contributed by atoms with E-state index in [0.717, 1.165) is 9.37 Å². The third-order valence-corrected chi connectivity index (χ3v) is 4.32. The minimum Gasteiger partial charge on any atom is -0.454 e. The van der Waals surface area contributed by atoms with Crippen LogP contribution < -0.4 is 5.32 Å². The van der Waals surface area contributed by atoms with Crippen molar-refractivity contribution in [1.29, 1.82) is 0 Å². The molecule has 1 atom stereocenters. The van der Waals surface area contributed by atoms with Gasteiger partial charge in [-0.05, 0) is 32.9 Å². The van der Waals surface area contributed by atoms with Crippen molar-refractivity contribution < 1.29 is 23.9 Å². The number of ketones is 1. The molecule has 1 aromatic carbocycles. The van der Waals surface area contributed by atoms with Gasteiger partial charge < -0.3 is 10.1 Å². The summed E-state index contributed by atoms with van der Waals surface area (Å²) in [6.45, 7) is 4.57. The lowest BCUT2D eigenvalue weighted by atomic mass is 10.1. The van der Waals surface area contributed by atoms with Crippen LogP contribution in [0, 0.1) is 0 Å². The second-order valence-corrected chi connectivity index (χ2v) is 7.18. The monoisotopic (exact) mass is 410 g/mol. The third-order valence-electron chi connectivity index (χ3n) is 3.79. The normalized spacial score (nSPS) is 17.2. The van der Waals surface area contributed by atoms with Crippen molar-refractivity contribution in [3.05, 3.63) is 34.3 Å². The molecule has 0 bridgehead atoms. The number of nitrogens with one attached hydrogen (secondary N) is 1. The number of carbonyl (C=O) groups excluding carboxylic acids is 4. The number of Topliss-reactive ketones (excluding diaryl/α,β-unsaturated/α-hetero) is 1. The molecule has 25 heavy (non-hydrogen) atoms. The summed E-state index contributed by atoms with van der Waals surface area (Å²) in [5.41, 5.74) is -0.550. The summed E-state index contributed by atoms with van der Waals surface area (Å²) in [4.78, 5) is 48.9. The maximum absolute atomic E-state index is 12.2. The minimum atomic E-state index is -0.980. The largest absolute Gasteiger partial charge is 0.454 e. The predicted molar refractivity (Wildman–Crippen MR) is 93.0 cm³/mol.